The molecule has 0 bridgehead atoms. The van der Waals surface area contributed by atoms with Gasteiger partial charge in [0.1, 0.15) is 0 Å². The molecule has 0 spiro atoms. The number of aryl methyl sites for hydroxylation is 1. The Morgan fingerprint density at radius 1 is 1.56 bits per heavy atom. The predicted molar refractivity (Wildman–Crippen MR) is 61.7 cm³/mol. The fraction of sp³-hybridized carbons (Fsp3) is 0.667. The van der Waals surface area contributed by atoms with E-state index < -0.39 is 8.80 Å². The Kier molecular flexibility index (Phi) is 5.09. The van der Waals surface area contributed by atoms with Crippen LogP contribution in [0.4, 0.5) is 0 Å². The van der Waals surface area contributed by atoms with Gasteiger partial charge in [-0.15, -0.1) is 0 Å². The first-order chi connectivity index (χ1) is 7.55. The van der Waals surface area contributed by atoms with E-state index in [1.807, 2.05) is 6.92 Å². The molecular weight excluding hydrogens is 226 g/mol. The van der Waals surface area contributed by atoms with Gasteiger partial charge >= 0.3 is 8.80 Å². The molecule has 0 atom stereocenters. The zero-order chi connectivity index (χ0) is 12.0. The Hall–Kier alpha value is -0.733. The van der Waals surface area contributed by atoms with Gasteiger partial charge in [-0.05, 0) is 19.9 Å². The molecule has 1 heterocycles. The van der Waals surface area contributed by atoms with Crippen LogP contribution in [-0.2, 0) is 11.0 Å². The van der Waals surface area contributed by atoms with Crippen molar-refractivity contribution in [2.24, 2.45) is 0 Å². The molecule has 0 amide bonds. The highest BCUT2D eigenvalue weighted by Crippen LogP contribution is 2.05. The Morgan fingerprint density at radius 2 is 2.31 bits per heavy atom. The molecule has 0 aliphatic heterocycles. The van der Waals surface area contributed by atoms with E-state index in [0.717, 1.165) is 11.4 Å². The number of hydrogen-bond donors (Lipinski definition) is 4. The van der Waals surface area contributed by atoms with Crippen LogP contribution in [0.15, 0.2) is 6.33 Å². The van der Waals surface area contributed by atoms with E-state index in [1.165, 1.54) is 7.11 Å². The largest absolute Gasteiger partial charge is 0.495 e. The number of rotatable bonds is 7. The van der Waals surface area contributed by atoms with Crippen molar-refractivity contribution in [1.29, 1.82) is 0 Å². The maximum absolute atomic E-state index is 9.28. The molecule has 1 rings (SSSR count). The average Bonchev–Trinajstić information content (AvgIpc) is 2.64. The second-order valence-corrected chi connectivity index (χ2v) is 6.10. The summed E-state index contributed by atoms with van der Waals surface area (Å²) in [4.78, 5) is 25.7. The monoisotopic (exact) mass is 245 g/mol. The summed E-state index contributed by atoms with van der Waals surface area (Å²) in [5, 5.41) is 3.19. The van der Waals surface area contributed by atoms with Gasteiger partial charge in [-0.1, -0.05) is 0 Å². The number of H-pyrrole nitrogens is 1. The van der Waals surface area contributed by atoms with Gasteiger partial charge in [0, 0.05) is 25.4 Å². The zero-order valence-corrected chi connectivity index (χ0v) is 10.7. The third-order valence-corrected chi connectivity index (χ3v) is 4.07. The number of nitrogens with one attached hydrogen (secondary N) is 2. The third kappa shape index (κ3) is 4.41. The van der Waals surface area contributed by atoms with Crippen molar-refractivity contribution >= 4 is 8.80 Å². The van der Waals surface area contributed by atoms with E-state index in [4.69, 9.17) is 0 Å². The Labute approximate surface area is 96.1 Å². The van der Waals surface area contributed by atoms with Gasteiger partial charge in [0.05, 0.1) is 12.0 Å². The first-order valence-corrected chi connectivity index (χ1v) is 7.25. The molecule has 1 aromatic rings. The highest BCUT2D eigenvalue weighted by Gasteiger charge is 2.29. The lowest BCUT2D eigenvalue weighted by atomic mass is 10.3. The number of imidazole rings is 1. The fourth-order valence-electron chi connectivity index (χ4n) is 1.32. The quantitative estimate of drug-likeness (QED) is 0.393. The summed E-state index contributed by atoms with van der Waals surface area (Å²) in [6, 6.07) is 0.316. The molecule has 0 aliphatic carbocycles. The molecule has 0 fully saturated rings. The van der Waals surface area contributed by atoms with E-state index in [-0.39, 0.29) is 0 Å². The van der Waals surface area contributed by atoms with Crippen LogP contribution < -0.4 is 5.32 Å². The summed E-state index contributed by atoms with van der Waals surface area (Å²) in [6.07, 6.45) is 2.34. The van der Waals surface area contributed by atoms with E-state index >= 15 is 0 Å². The molecule has 16 heavy (non-hydrogen) atoms. The molecule has 4 N–H and O–H groups in total. The maximum atomic E-state index is 9.28. The highest BCUT2D eigenvalue weighted by molar-refractivity contribution is 6.57. The van der Waals surface area contributed by atoms with Crippen LogP contribution in [0.1, 0.15) is 17.8 Å². The van der Waals surface area contributed by atoms with Gasteiger partial charge in [-0.3, -0.25) is 0 Å². The van der Waals surface area contributed by atoms with E-state index in [0.29, 0.717) is 25.6 Å². The van der Waals surface area contributed by atoms with Crippen LogP contribution in [0.3, 0.4) is 0 Å². The molecule has 0 saturated heterocycles. The van der Waals surface area contributed by atoms with Crippen molar-refractivity contribution < 1.29 is 14.0 Å². The summed E-state index contributed by atoms with van der Waals surface area (Å²) in [7, 11) is -2.04. The van der Waals surface area contributed by atoms with Crippen molar-refractivity contribution in [3.63, 3.8) is 0 Å². The van der Waals surface area contributed by atoms with E-state index in [9.17, 15) is 9.59 Å². The summed E-state index contributed by atoms with van der Waals surface area (Å²) >= 11 is 0. The minimum atomic E-state index is -3.37. The first-order valence-electron chi connectivity index (χ1n) is 5.24. The second-order valence-electron chi connectivity index (χ2n) is 3.70. The standard InChI is InChI=1S/C9H19N3O3Si/c1-8-9(12-7-11-8)6-10-4-3-5-16(13,14)15-2/h7,10,13-14H,3-6H2,1-2H3,(H,11,12). The smallest absolute Gasteiger partial charge is 0.390 e. The van der Waals surface area contributed by atoms with Gasteiger partial charge in [0.15, 0.2) is 0 Å². The minimum absolute atomic E-state index is 0.316. The van der Waals surface area contributed by atoms with Crippen LogP contribution in [0.2, 0.25) is 6.04 Å². The van der Waals surface area contributed by atoms with Crippen LogP contribution in [0, 0.1) is 6.92 Å². The van der Waals surface area contributed by atoms with Crippen LogP contribution >= 0.6 is 0 Å². The molecule has 92 valence electrons. The van der Waals surface area contributed by atoms with Gasteiger partial charge < -0.3 is 24.3 Å². The van der Waals surface area contributed by atoms with Gasteiger partial charge in [0.2, 0.25) is 0 Å². The summed E-state index contributed by atoms with van der Waals surface area (Å²) in [6.45, 7) is 3.37. The van der Waals surface area contributed by atoms with Crippen molar-refractivity contribution in [3.8, 4) is 0 Å². The fourth-order valence-corrected chi connectivity index (χ4v) is 2.16. The predicted octanol–water partition coefficient (Wildman–Crippen LogP) is -0.232. The summed E-state index contributed by atoms with van der Waals surface area (Å²) in [5.74, 6) is 0. The summed E-state index contributed by atoms with van der Waals surface area (Å²) in [5.41, 5.74) is 2.04. The lowest BCUT2D eigenvalue weighted by Crippen LogP contribution is -2.38. The lowest BCUT2D eigenvalue weighted by Gasteiger charge is -2.14. The SMILES string of the molecule is CO[Si](O)(O)CCCNCc1nc[nH]c1C. The van der Waals surface area contributed by atoms with Crippen molar-refractivity contribution in [3.05, 3.63) is 17.7 Å². The molecule has 6 nitrogen and oxygen atoms in total. The second kappa shape index (κ2) is 6.11. The molecule has 0 aromatic carbocycles. The number of aromatic nitrogens is 2. The molecule has 1 aromatic heterocycles. The Balaban J connectivity index is 2.11. The molecule has 0 saturated carbocycles. The topological polar surface area (TPSA) is 90.4 Å². The number of nitrogens with zero attached hydrogens (tertiary/aromatic N) is 1. The minimum Gasteiger partial charge on any atom is -0.390 e. The van der Waals surface area contributed by atoms with E-state index in [1.54, 1.807) is 6.33 Å². The van der Waals surface area contributed by atoms with Crippen LogP contribution in [0.5, 0.6) is 0 Å². The van der Waals surface area contributed by atoms with Crippen molar-refractivity contribution in [1.82, 2.24) is 15.3 Å². The van der Waals surface area contributed by atoms with Crippen LogP contribution in [0.25, 0.3) is 0 Å². The Bertz CT molecular complexity index is 317. The maximum Gasteiger partial charge on any atom is 0.495 e. The molecule has 0 unspecified atom stereocenters. The summed E-state index contributed by atoms with van der Waals surface area (Å²) < 4.78 is 4.61. The third-order valence-electron chi connectivity index (χ3n) is 2.41. The molecular formula is C9H19N3O3Si. The first kappa shape index (κ1) is 13.3. The van der Waals surface area contributed by atoms with Crippen molar-refractivity contribution in [2.45, 2.75) is 25.9 Å². The lowest BCUT2D eigenvalue weighted by molar-refractivity contribution is 0.183. The zero-order valence-electron chi connectivity index (χ0n) is 9.66. The van der Waals surface area contributed by atoms with Gasteiger partial charge in [0.25, 0.3) is 0 Å². The number of aromatic amines is 1. The van der Waals surface area contributed by atoms with Crippen molar-refractivity contribution in [2.75, 3.05) is 13.7 Å². The highest BCUT2D eigenvalue weighted by atomic mass is 28.4. The van der Waals surface area contributed by atoms with Gasteiger partial charge in [-0.25, -0.2) is 4.98 Å². The van der Waals surface area contributed by atoms with Crippen LogP contribution in [-0.4, -0.2) is 42.0 Å². The van der Waals surface area contributed by atoms with Gasteiger partial charge in [-0.2, -0.15) is 0 Å². The van der Waals surface area contributed by atoms with E-state index in [2.05, 4.69) is 19.7 Å². The average molecular weight is 245 g/mol. The normalized spacial score (nSPS) is 12.0. The molecule has 0 aliphatic rings. The molecule has 0 radical (unpaired) electrons. The molecule has 7 heteroatoms. The number of hydrogen-bond acceptors (Lipinski definition) is 5. The Morgan fingerprint density at radius 3 is 2.88 bits per heavy atom.